The van der Waals surface area contributed by atoms with Gasteiger partial charge >= 0.3 is 11.9 Å². The minimum absolute atomic E-state index is 0.262. The summed E-state index contributed by atoms with van der Waals surface area (Å²) in [4.78, 5) is 37.1. The number of carbonyl (C=O) groups excluding carboxylic acids is 3. The summed E-state index contributed by atoms with van der Waals surface area (Å²) in [7, 11) is 2.37. The Morgan fingerprint density at radius 3 is 1.96 bits per heavy atom. The van der Waals surface area contributed by atoms with Gasteiger partial charge in [0.25, 0.3) is 0 Å². The molecule has 2 aromatic carbocycles. The molecule has 0 spiro atoms. The van der Waals surface area contributed by atoms with Crippen LogP contribution in [0.4, 0.5) is 0 Å². The van der Waals surface area contributed by atoms with Gasteiger partial charge in [-0.1, -0.05) is 48.5 Å². The number of ketones is 1. The molecular formula is C19H18O5. The third-order valence-corrected chi connectivity index (χ3v) is 3.75. The summed E-state index contributed by atoms with van der Waals surface area (Å²) < 4.78 is 9.44. The Kier molecular flexibility index (Phi) is 5.47. The Bertz CT molecular complexity index is 749. The lowest BCUT2D eigenvalue weighted by atomic mass is 9.87. The van der Waals surface area contributed by atoms with Crippen molar-refractivity contribution in [2.24, 2.45) is 0 Å². The average Bonchev–Trinajstić information content (AvgIpc) is 2.61. The van der Waals surface area contributed by atoms with E-state index in [1.54, 1.807) is 55.5 Å². The van der Waals surface area contributed by atoms with Gasteiger partial charge in [-0.25, -0.2) is 0 Å². The fourth-order valence-electron chi connectivity index (χ4n) is 2.56. The van der Waals surface area contributed by atoms with Gasteiger partial charge in [0.2, 0.25) is 0 Å². The maximum absolute atomic E-state index is 12.9. The minimum Gasteiger partial charge on any atom is -0.468 e. The first-order valence-electron chi connectivity index (χ1n) is 7.36. The fraction of sp³-hybridized carbons (Fsp3) is 0.211. The number of hydrogen-bond donors (Lipinski definition) is 0. The van der Waals surface area contributed by atoms with Crippen molar-refractivity contribution in [1.29, 1.82) is 0 Å². The van der Waals surface area contributed by atoms with Crippen LogP contribution in [0.15, 0.2) is 48.5 Å². The van der Waals surface area contributed by atoms with Gasteiger partial charge in [0.15, 0.2) is 11.7 Å². The molecule has 0 unspecified atom stereocenters. The van der Waals surface area contributed by atoms with Gasteiger partial charge in [-0.15, -0.1) is 0 Å². The van der Waals surface area contributed by atoms with E-state index in [4.69, 9.17) is 9.47 Å². The van der Waals surface area contributed by atoms with Crippen molar-refractivity contribution in [3.05, 3.63) is 70.8 Å². The summed E-state index contributed by atoms with van der Waals surface area (Å²) in [5.41, 5.74) is 1.73. The molecule has 0 bridgehead atoms. The van der Waals surface area contributed by atoms with Crippen LogP contribution in [0.25, 0.3) is 0 Å². The van der Waals surface area contributed by atoms with Gasteiger partial charge in [-0.2, -0.15) is 0 Å². The second-order valence-corrected chi connectivity index (χ2v) is 5.21. The van der Waals surface area contributed by atoms with Crippen molar-refractivity contribution in [2.45, 2.75) is 12.8 Å². The van der Waals surface area contributed by atoms with E-state index in [9.17, 15) is 14.4 Å². The van der Waals surface area contributed by atoms with E-state index in [-0.39, 0.29) is 11.3 Å². The molecule has 0 saturated heterocycles. The van der Waals surface area contributed by atoms with Crippen molar-refractivity contribution in [1.82, 2.24) is 0 Å². The highest BCUT2D eigenvalue weighted by Gasteiger charge is 2.34. The lowest BCUT2D eigenvalue weighted by molar-refractivity contribution is -0.154. The van der Waals surface area contributed by atoms with Crippen LogP contribution in [0, 0.1) is 6.92 Å². The number of carbonyl (C=O) groups is 3. The Morgan fingerprint density at radius 2 is 1.42 bits per heavy atom. The van der Waals surface area contributed by atoms with E-state index in [0.29, 0.717) is 16.7 Å². The van der Waals surface area contributed by atoms with Crippen molar-refractivity contribution in [3.63, 3.8) is 0 Å². The molecule has 0 atom stereocenters. The number of methoxy groups -OCH3 is 2. The van der Waals surface area contributed by atoms with Crippen LogP contribution in [0.2, 0.25) is 0 Å². The molecule has 0 fully saturated rings. The van der Waals surface area contributed by atoms with Gasteiger partial charge in [0.1, 0.15) is 0 Å². The first-order chi connectivity index (χ1) is 11.5. The maximum atomic E-state index is 12.9. The smallest absolute Gasteiger partial charge is 0.324 e. The molecule has 0 amide bonds. The van der Waals surface area contributed by atoms with Crippen LogP contribution in [-0.4, -0.2) is 31.9 Å². The molecule has 2 aromatic rings. The lowest BCUT2D eigenvalue weighted by Gasteiger charge is -2.18. The average molecular weight is 326 g/mol. The maximum Gasteiger partial charge on any atom is 0.324 e. The zero-order chi connectivity index (χ0) is 17.7. The minimum atomic E-state index is -1.30. The summed E-state index contributed by atoms with van der Waals surface area (Å²) in [6, 6.07) is 13.7. The predicted molar refractivity (Wildman–Crippen MR) is 87.8 cm³/mol. The summed E-state index contributed by atoms with van der Waals surface area (Å²) in [5, 5.41) is 0. The molecule has 0 radical (unpaired) electrons. The Hall–Kier alpha value is -2.95. The van der Waals surface area contributed by atoms with E-state index in [2.05, 4.69) is 0 Å². The Labute approximate surface area is 140 Å². The molecule has 5 heteroatoms. The molecule has 0 N–H and O–H groups in total. The van der Waals surface area contributed by atoms with Crippen molar-refractivity contribution in [3.8, 4) is 0 Å². The largest absolute Gasteiger partial charge is 0.468 e. The molecule has 5 nitrogen and oxygen atoms in total. The van der Waals surface area contributed by atoms with Crippen LogP contribution in [0.3, 0.4) is 0 Å². The van der Waals surface area contributed by atoms with Gasteiger partial charge in [0, 0.05) is 11.1 Å². The highest BCUT2D eigenvalue weighted by Crippen LogP contribution is 2.27. The Balaban J connectivity index is 2.63. The quantitative estimate of drug-likeness (QED) is 0.480. The summed E-state index contributed by atoms with van der Waals surface area (Å²) in [5.74, 6) is -3.10. The molecule has 24 heavy (non-hydrogen) atoms. The van der Waals surface area contributed by atoms with Gasteiger partial charge in [0.05, 0.1) is 14.2 Å². The number of benzene rings is 2. The van der Waals surface area contributed by atoms with Crippen molar-refractivity contribution >= 4 is 17.7 Å². The van der Waals surface area contributed by atoms with Crippen LogP contribution < -0.4 is 0 Å². The predicted octanol–water partition coefficient (Wildman–Crippen LogP) is 2.66. The number of hydrogen-bond acceptors (Lipinski definition) is 5. The van der Waals surface area contributed by atoms with E-state index < -0.39 is 17.9 Å². The van der Waals surface area contributed by atoms with Crippen LogP contribution >= 0.6 is 0 Å². The number of ether oxygens (including phenoxy) is 2. The molecule has 2 rings (SSSR count). The number of aryl methyl sites for hydroxylation is 1. The van der Waals surface area contributed by atoms with Gasteiger partial charge < -0.3 is 9.47 Å². The monoisotopic (exact) mass is 326 g/mol. The highest BCUT2D eigenvalue weighted by atomic mass is 16.5. The topological polar surface area (TPSA) is 69.7 Å². The Morgan fingerprint density at radius 1 is 0.833 bits per heavy atom. The molecule has 0 aromatic heterocycles. The summed E-state index contributed by atoms with van der Waals surface area (Å²) in [6.07, 6.45) is 0. The van der Waals surface area contributed by atoms with Crippen molar-refractivity contribution in [2.75, 3.05) is 14.2 Å². The zero-order valence-electron chi connectivity index (χ0n) is 13.7. The number of rotatable bonds is 5. The van der Waals surface area contributed by atoms with Crippen molar-refractivity contribution < 1.29 is 23.9 Å². The fourth-order valence-corrected chi connectivity index (χ4v) is 2.56. The molecule has 0 saturated carbocycles. The summed E-state index contributed by atoms with van der Waals surface area (Å²) >= 11 is 0. The second kappa shape index (κ2) is 7.55. The molecule has 0 aliphatic rings. The van der Waals surface area contributed by atoms with Crippen LogP contribution in [0.1, 0.15) is 33.0 Å². The SMILES string of the molecule is COC(=O)C(C(=O)OC)c1cccc(C)c1C(=O)c1ccccc1. The first kappa shape index (κ1) is 17.4. The van der Waals surface area contributed by atoms with Gasteiger partial charge in [-0.05, 0) is 18.1 Å². The van der Waals surface area contributed by atoms with Crippen LogP contribution in [-0.2, 0) is 19.1 Å². The third kappa shape index (κ3) is 3.35. The molecule has 0 aliphatic heterocycles. The second-order valence-electron chi connectivity index (χ2n) is 5.21. The van der Waals surface area contributed by atoms with E-state index in [0.717, 1.165) is 0 Å². The normalized spacial score (nSPS) is 10.3. The first-order valence-corrected chi connectivity index (χ1v) is 7.36. The van der Waals surface area contributed by atoms with E-state index >= 15 is 0 Å². The highest BCUT2D eigenvalue weighted by molar-refractivity contribution is 6.13. The summed E-state index contributed by atoms with van der Waals surface area (Å²) in [6.45, 7) is 1.76. The third-order valence-electron chi connectivity index (χ3n) is 3.75. The lowest BCUT2D eigenvalue weighted by Crippen LogP contribution is -2.26. The molecule has 0 heterocycles. The number of esters is 2. The molecular weight excluding hydrogens is 308 g/mol. The molecule has 124 valence electrons. The van der Waals surface area contributed by atoms with E-state index in [1.807, 2.05) is 0 Å². The van der Waals surface area contributed by atoms with Gasteiger partial charge in [-0.3, -0.25) is 14.4 Å². The van der Waals surface area contributed by atoms with Crippen LogP contribution in [0.5, 0.6) is 0 Å². The van der Waals surface area contributed by atoms with E-state index in [1.165, 1.54) is 14.2 Å². The standard InChI is InChI=1S/C19H18O5/c1-12-8-7-11-14(16(18(21)23-2)19(22)24-3)15(12)17(20)13-9-5-4-6-10-13/h4-11,16H,1-3H3. The molecule has 0 aliphatic carbocycles. The zero-order valence-corrected chi connectivity index (χ0v) is 13.7.